The number of nitrogens with one attached hydrogen (secondary N) is 1. The number of rotatable bonds is 1. The zero-order valence-electron chi connectivity index (χ0n) is 8.97. The van der Waals surface area contributed by atoms with E-state index < -0.39 is 0 Å². The molecule has 0 aromatic heterocycles. The lowest BCUT2D eigenvalue weighted by atomic mass is 10.1. The van der Waals surface area contributed by atoms with Crippen molar-refractivity contribution < 1.29 is 4.79 Å². The molecule has 1 aromatic rings. The van der Waals surface area contributed by atoms with Crippen LogP contribution in [-0.4, -0.2) is 17.8 Å². The van der Waals surface area contributed by atoms with Crippen LogP contribution in [0.2, 0.25) is 0 Å². The second-order valence-corrected chi connectivity index (χ2v) is 3.53. The molecule has 0 spiro atoms. The van der Waals surface area contributed by atoms with Crippen LogP contribution in [-0.2, 0) is 11.2 Å². The SMILES string of the molecule is NC(N)=NC(N)=Nc1cccc2c1CC(=O)N2. The van der Waals surface area contributed by atoms with Gasteiger partial charge in [0.05, 0.1) is 12.1 Å². The van der Waals surface area contributed by atoms with Gasteiger partial charge in [0.1, 0.15) is 0 Å². The molecule has 7 heteroatoms. The van der Waals surface area contributed by atoms with Crippen LogP contribution in [0.4, 0.5) is 11.4 Å². The first-order valence-electron chi connectivity index (χ1n) is 4.92. The van der Waals surface area contributed by atoms with Gasteiger partial charge >= 0.3 is 0 Å². The summed E-state index contributed by atoms with van der Waals surface area (Å²) in [5, 5.41) is 2.72. The smallest absolute Gasteiger partial charge is 0.228 e. The molecule has 7 N–H and O–H groups in total. The maximum absolute atomic E-state index is 11.3. The summed E-state index contributed by atoms with van der Waals surface area (Å²) in [6.07, 6.45) is 0.282. The van der Waals surface area contributed by atoms with Gasteiger partial charge in [0.2, 0.25) is 11.9 Å². The third kappa shape index (κ3) is 2.33. The van der Waals surface area contributed by atoms with Crippen LogP contribution in [0.5, 0.6) is 0 Å². The average molecular weight is 232 g/mol. The lowest BCUT2D eigenvalue weighted by molar-refractivity contribution is -0.115. The van der Waals surface area contributed by atoms with Gasteiger partial charge in [-0.2, -0.15) is 4.99 Å². The minimum absolute atomic E-state index is 0.0438. The minimum atomic E-state index is -0.159. The van der Waals surface area contributed by atoms with E-state index in [0.29, 0.717) is 5.69 Å². The molecule has 1 aliphatic heterocycles. The highest BCUT2D eigenvalue weighted by atomic mass is 16.1. The summed E-state index contributed by atoms with van der Waals surface area (Å²) in [7, 11) is 0. The predicted octanol–water partition coefficient (Wildman–Crippen LogP) is -0.599. The van der Waals surface area contributed by atoms with Crippen LogP contribution in [0.3, 0.4) is 0 Å². The molecule has 0 saturated heterocycles. The Bertz CT molecular complexity index is 530. The number of amides is 1. The highest BCUT2D eigenvalue weighted by Gasteiger charge is 2.20. The molecule has 88 valence electrons. The van der Waals surface area contributed by atoms with E-state index in [1.807, 2.05) is 0 Å². The highest BCUT2D eigenvalue weighted by molar-refractivity contribution is 6.01. The van der Waals surface area contributed by atoms with E-state index in [9.17, 15) is 4.79 Å². The van der Waals surface area contributed by atoms with Crippen molar-refractivity contribution in [3.8, 4) is 0 Å². The average Bonchev–Trinajstić information content (AvgIpc) is 2.58. The van der Waals surface area contributed by atoms with Crippen molar-refractivity contribution in [2.75, 3.05) is 5.32 Å². The number of carbonyl (C=O) groups excluding carboxylic acids is 1. The third-order valence-corrected chi connectivity index (χ3v) is 2.24. The maximum Gasteiger partial charge on any atom is 0.228 e. The molecule has 0 saturated carbocycles. The summed E-state index contributed by atoms with van der Waals surface area (Å²) >= 11 is 0. The third-order valence-electron chi connectivity index (χ3n) is 2.24. The van der Waals surface area contributed by atoms with Crippen molar-refractivity contribution >= 4 is 29.2 Å². The number of guanidine groups is 2. The molecule has 1 aliphatic rings. The summed E-state index contributed by atoms with van der Waals surface area (Å²) in [6, 6.07) is 5.32. The number of aliphatic imine (C=N–C) groups is 2. The fourth-order valence-corrected chi connectivity index (χ4v) is 1.62. The number of hydrogen-bond acceptors (Lipinski definition) is 2. The molecule has 17 heavy (non-hydrogen) atoms. The van der Waals surface area contributed by atoms with Crippen LogP contribution < -0.4 is 22.5 Å². The molecule has 0 fully saturated rings. The van der Waals surface area contributed by atoms with Crippen LogP contribution in [0.25, 0.3) is 0 Å². The summed E-state index contributed by atoms with van der Waals surface area (Å²) in [4.78, 5) is 18.9. The van der Waals surface area contributed by atoms with Crippen molar-refractivity contribution in [3.05, 3.63) is 23.8 Å². The van der Waals surface area contributed by atoms with Crippen molar-refractivity contribution in [2.24, 2.45) is 27.2 Å². The van der Waals surface area contributed by atoms with E-state index >= 15 is 0 Å². The zero-order chi connectivity index (χ0) is 12.4. The first-order chi connectivity index (χ1) is 8.06. The molecule has 0 bridgehead atoms. The van der Waals surface area contributed by atoms with E-state index in [2.05, 4.69) is 15.3 Å². The maximum atomic E-state index is 11.3. The van der Waals surface area contributed by atoms with Gasteiger partial charge in [-0.25, -0.2) is 4.99 Å². The van der Waals surface area contributed by atoms with Gasteiger partial charge in [-0.15, -0.1) is 0 Å². The Morgan fingerprint density at radius 1 is 1.29 bits per heavy atom. The fourth-order valence-electron chi connectivity index (χ4n) is 1.62. The molecule has 1 aromatic carbocycles. The van der Waals surface area contributed by atoms with E-state index in [1.54, 1.807) is 18.2 Å². The summed E-state index contributed by atoms with van der Waals surface area (Å²) in [5.74, 6) is -0.270. The number of anilines is 1. The van der Waals surface area contributed by atoms with Gasteiger partial charge in [0, 0.05) is 11.3 Å². The fraction of sp³-hybridized carbons (Fsp3) is 0.100. The van der Waals surface area contributed by atoms with Gasteiger partial charge < -0.3 is 22.5 Å². The Morgan fingerprint density at radius 3 is 2.76 bits per heavy atom. The summed E-state index contributed by atoms with van der Waals surface area (Å²) < 4.78 is 0. The molecule has 0 unspecified atom stereocenters. The Kier molecular flexibility index (Phi) is 2.65. The van der Waals surface area contributed by atoms with E-state index in [-0.39, 0.29) is 24.2 Å². The number of nitrogens with two attached hydrogens (primary N) is 3. The van der Waals surface area contributed by atoms with Gasteiger partial charge in [0.15, 0.2) is 5.96 Å². The molecular formula is C10H12N6O. The van der Waals surface area contributed by atoms with Crippen LogP contribution >= 0.6 is 0 Å². The first kappa shape index (κ1) is 10.9. The van der Waals surface area contributed by atoms with Gasteiger partial charge in [0.25, 0.3) is 0 Å². The standard InChI is InChI=1S/C10H12N6O/c11-9(12)16-10(13)15-7-3-1-2-6-5(7)4-8(17)14-6/h1-3H,4H2,(H,14,17)(H6,11,12,13,15,16). The molecule has 0 radical (unpaired) electrons. The molecule has 0 aliphatic carbocycles. The van der Waals surface area contributed by atoms with Crippen molar-refractivity contribution in [1.29, 1.82) is 0 Å². The Morgan fingerprint density at radius 2 is 2.06 bits per heavy atom. The summed E-state index contributed by atoms with van der Waals surface area (Å²) in [5.41, 5.74) is 18.0. The van der Waals surface area contributed by atoms with E-state index in [0.717, 1.165) is 11.3 Å². The van der Waals surface area contributed by atoms with Crippen LogP contribution in [0.1, 0.15) is 5.56 Å². The number of carbonyl (C=O) groups is 1. The predicted molar refractivity (Wildman–Crippen MR) is 65.9 cm³/mol. The minimum Gasteiger partial charge on any atom is -0.370 e. The first-order valence-corrected chi connectivity index (χ1v) is 4.92. The van der Waals surface area contributed by atoms with Crippen LogP contribution in [0, 0.1) is 0 Å². The molecule has 7 nitrogen and oxygen atoms in total. The quantitative estimate of drug-likeness (QED) is 0.380. The Balaban J connectivity index is 2.39. The number of fused-ring (bicyclic) bond motifs is 1. The van der Waals surface area contributed by atoms with Gasteiger partial charge in [-0.1, -0.05) is 6.07 Å². The van der Waals surface area contributed by atoms with Gasteiger partial charge in [-0.3, -0.25) is 4.79 Å². The highest BCUT2D eigenvalue weighted by Crippen LogP contribution is 2.31. The monoisotopic (exact) mass is 232 g/mol. The topological polar surface area (TPSA) is 132 Å². The molecule has 1 amide bonds. The molecule has 1 heterocycles. The van der Waals surface area contributed by atoms with Crippen molar-refractivity contribution in [1.82, 2.24) is 0 Å². The summed E-state index contributed by atoms with van der Waals surface area (Å²) in [6.45, 7) is 0. The second kappa shape index (κ2) is 4.12. The lowest BCUT2D eigenvalue weighted by Gasteiger charge is -2.02. The van der Waals surface area contributed by atoms with Crippen molar-refractivity contribution in [2.45, 2.75) is 6.42 Å². The molecule has 0 atom stereocenters. The number of hydrogen-bond donors (Lipinski definition) is 4. The molecule has 2 rings (SSSR count). The van der Waals surface area contributed by atoms with Gasteiger partial charge in [-0.05, 0) is 12.1 Å². The van der Waals surface area contributed by atoms with E-state index in [1.165, 1.54) is 0 Å². The second-order valence-electron chi connectivity index (χ2n) is 3.53. The van der Waals surface area contributed by atoms with Crippen LogP contribution in [0.15, 0.2) is 28.2 Å². The number of nitrogens with zero attached hydrogens (tertiary/aromatic N) is 2. The largest absolute Gasteiger partial charge is 0.370 e. The lowest BCUT2D eigenvalue weighted by Crippen LogP contribution is -2.26. The zero-order valence-corrected chi connectivity index (χ0v) is 8.97. The Hall–Kier alpha value is -2.57. The Labute approximate surface area is 97.4 Å². The number of benzene rings is 1. The van der Waals surface area contributed by atoms with Crippen molar-refractivity contribution in [3.63, 3.8) is 0 Å². The normalized spacial score (nSPS) is 14.1. The molecular weight excluding hydrogens is 220 g/mol. The van der Waals surface area contributed by atoms with E-state index in [4.69, 9.17) is 17.2 Å².